The fourth-order valence-electron chi connectivity index (χ4n) is 4.50. The molecule has 194 valence electrons. The highest BCUT2D eigenvalue weighted by molar-refractivity contribution is 5.79. The van der Waals surface area contributed by atoms with E-state index in [-0.39, 0.29) is 18.6 Å². The molecule has 0 bridgehead atoms. The summed E-state index contributed by atoms with van der Waals surface area (Å²) in [6, 6.07) is 20.1. The van der Waals surface area contributed by atoms with E-state index in [2.05, 4.69) is 54.9 Å². The van der Waals surface area contributed by atoms with E-state index in [1.807, 2.05) is 57.2 Å². The van der Waals surface area contributed by atoms with Crippen LogP contribution in [0.15, 0.2) is 60.7 Å². The lowest BCUT2D eigenvalue weighted by Gasteiger charge is -2.18. The number of nitrogens with one attached hydrogen (secondary N) is 1. The molecular formula is C31H37N3O3. The third kappa shape index (κ3) is 6.31. The number of carbonyl (C=O) groups is 1. The molecule has 1 heterocycles. The van der Waals surface area contributed by atoms with Gasteiger partial charge in [-0.15, -0.1) is 0 Å². The summed E-state index contributed by atoms with van der Waals surface area (Å²) in [5.41, 5.74) is 6.38. The molecule has 1 aromatic heterocycles. The predicted octanol–water partition coefficient (Wildman–Crippen LogP) is 6.42. The van der Waals surface area contributed by atoms with E-state index in [4.69, 9.17) is 14.5 Å². The van der Waals surface area contributed by atoms with Crippen molar-refractivity contribution in [1.29, 1.82) is 0 Å². The molecule has 0 saturated carbocycles. The first kappa shape index (κ1) is 26.3. The van der Waals surface area contributed by atoms with Gasteiger partial charge in [-0.1, -0.05) is 50.2 Å². The summed E-state index contributed by atoms with van der Waals surface area (Å²) in [6.07, 6.45) is 0. The Hall–Kier alpha value is -3.80. The maximum absolute atomic E-state index is 12.8. The molecule has 0 spiro atoms. The number of aryl methyl sites for hydroxylation is 3. The van der Waals surface area contributed by atoms with Crippen molar-refractivity contribution < 1.29 is 14.3 Å². The summed E-state index contributed by atoms with van der Waals surface area (Å²) < 4.78 is 14.2. The van der Waals surface area contributed by atoms with Crippen LogP contribution in [0.5, 0.6) is 11.5 Å². The van der Waals surface area contributed by atoms with Crippen molar-refractivity contribution in [2.45, 2.75) is 60.0 Å². The topological polar surface area (TPSA) is 65.4 Å². The van der Waals surface area contributed by atoms with E-state index >= 15 is 0 Å². The lowest BCUT2D eigenvalue weighted by molar-refractivity contribution is -0.123. The molecule has 0 fully saturated rings. The quantitative estimate of drug-likeness (QED) is 0.273. The molecule has 0 aliphatic rings. The Morgan fingerprint density at radius 3 is 2.38 bits per heavy atom. The number of para-hydroxylation sites is 2. The minimum Gasteiger partial charge on any atom is -0.491 e. The molecule has 0 radical (unpaired) electrons. The molecule has 4 rings (SSSR count). The number of imidazole rings is 1. The lowest BCUT2D eigenvalue weighted by atomic mass is 10.0. The smallest absolute Gasteiger partial charge is 0.258 e. The molecule has 6 nitrogen and oxygen atoms in total. The fourth-order valence-corrected chi connectivity index (χ4v) is 4.50. The van der Waals surface area contributed by atoms with Crippen molar-refractivity contribution in [1.82, 2.24) is 14.9 Å². The van der Waals surface area contributed by atoms with Crippen LogP contribution in [0.1, 0.15) is 60.8 Å². The maximum atomic E-state index is 12.8. The third-order valence-electron chi connectivity index (χ3n) is 6.51. The summed E-state index contributed by atoms with van der Waals surface area (Å²) in [7, 11) is 0. The molecule has 0 saturated heterocycles. The minimum absolute atomic E-state index is 0.0523. The highest BCUT2D eigenvalue weighted by atomic mass is 16.5. The van der Waals surface area contributed by atoms with Gasteiger partial charge < -0.3 is 19.4 Å². The molecular weight excluding hydrogens is 462 g/mol. The molecule has 6 heteroatoms. The second-order valence-electron chi connectivity index (χ2n) is 10.0. The zero-order valence-electron chi connectivity index (χ0n) is 22.7. The molecule has 1 amide bonds. The van der Waals surface area contributed by atoms with Gasteiger partial charge in [0.25, 0.3) is 5.91 Å². The Bertz CT molecular complexity index is 1390. The van der Waals surface area contributed by atoms with E-state index in [1.165, 1.54) is 11.1 Å². The zero-order chi connectivity index (χ0) is 26.5. The zero-order valence-corrected chi connectivity index (χ0v) is 22.7. The monoisotopic (exact) mass is 499 g/mol. The predicted molar refractivity (Wildman–Crippen MR) is 148 cm³/mol. The number of carbonyl (C=O) groups excluding carboxylic acids is 1. The van der Waals surface area contributed by atoms with E-state index in [0.29, 0.717) is 19.1 Å². The Balaban J connectivity index is 1.47. The molecule has 1 N–H and O–H groups in total. The Kier molecular flexibility index (Phi) is 8.17. The molecule has 4 aromatic rings. The summed E-state index contributed by atoms with van der Waals surface area (Å²) in [6.45, 7) is 13.4. The largest absolute Gasteiger partial charge is 0.491 e. The highest BCUT2D eigenvalue weighted by Gasteiger charge is 2.19. The number of aromatic nitrogens is 2. The number of nitrogens with zero attached hydrogens (tertiary/aromatic N) is 2. The second-order valence-corrected chi connectivity index (χ2v) is 10.0. The standard InChI is InChI=1S/C31H37N3O3/c1-20(2)25-14-12-22(4)18-29(25)36-16-15-34-27-10-8-7-9-26(27)33-31(34)24(6)32-30(35)19-37-28-17-21(3)11-13-23(28)5/h7-14,17-18,20,24H,15-16,19H2,1-6H3,(H,32,35). The van der Waals surface area contributed by atoms with Crippen molar-refractivity contribution >= 4 is 16.9 Å². The molecule has 0 aliphatic carbocycles. The fraction of sp³-hybridized carbons (Fsp3) is 0.355. The minimum atomic E-state index is -0.299. The van der Waals surface area contributed by atoms with Crippen LogP contribution in [0.4, 0.5) is 0 Å². The van der Waals surface area contributed by atoms with Crippen molar-refractivity contribution in [3.63, 3.8) is 0 Å². The number of benzene rings is 3. The number of rotatable bonds is 10. The van der Waals surface area contributed by atoms with Crippen LogP contribution in [0.2, 0.25) is 0 Å². The van der Waals surface area contributed by atoms with Crippen molar-refractivity contribution in [2.75, 3.05) is 13.2 Å². The maximum Gasteiger partial charge on any atom is 0.258 e. The van der Waals surface area contributed by atoms with Gasteiger partial charge in [0.2, 0.25) is 0 Å². The van der Waals surface area contributed by atoms with Gasteiger partial charge in [-0.05, 0) is 80.1 Å². The Morgan fingerprint density at radius 2 is 1.62 bits per heavy atom. The number of hydrogen-bond acceptors (Lipinski definition) is 4. The van der Waals surface area contributed by atoms with Crippen molar-refractivity contribution in [2.24, 2.45) is 0 Å². The average molecular weight is 500 g/mol. The van der Waals surface area contributed by atoms with Crippen LogP contribution in [0.25, 0.3) is 11.0 Å². The second kappa shape index (κ2) is 11.5. The average Bonchev–Trinajstić information content (AvgIpc) is 3.23. The first-order valence-corrected chi connectivity index (χ1v) is 12.9. The summed E-state index contributed by atoms with van der Waals surface area (Å²) in [5.74, 6) is 2.62. The lowest BCUT2D eigenvalue weighted by Crippen LogP contribution is -2.33. The van der Waals surface area contributed by atoms with E-state index in [1.54, 1.807) is 0 Å². The number of fused-ring (bicyclic) bond motifs is 1. The van der Waals surface area contributed by atoms with Crippen LogP contribution < -0.4 is 14.8 Å². The number of amides is 1. The van der Waals surface area contributed by atoms with Gasteiger partial charge in [-0.3, -0.25) is 4.79 Å². The number of ether oxygens (including phenoxy) is 2. The summed E-state index contributed by atoms with van der Waals surface area (Å²) in [4.78, 5) is 17.6. The van der Waals surface area contributed by atoms with Gasteiger partial charge in [-0.25, -0.2) is 4.98 Å². The Morgan fingerprint density at radius 1 is 0.919 bits per heavy atom. The van der Waals surface area contributed by atoms with Gasteiger partial charge in [-0.2, -0.15) is 0 Å². The van der Waals surface area contributed by atoms with Gasteiger partial charge in [0, 0.05) is 0 Å². The molecule has 37 heavy (non-hydrogen) atoms. The van der Waals surface area contributed by atoms with Crippen LogP contribution in [0.3, 0.4) is 0 Å². The van der Waals surface area contributed by atoms with Crippen LogP contribution >= 0.6 is 0 Å². The van der Waals surface area contributed by atoms with Crippen molar-refractivity contribution in [3.05, 3.63) is 88.7 Å². The van der Waals surface area contributed by atoms with Gasteiger partial charge in [0.05, 0.1) is 23.6 Å². The first-order chi connectivity index (χ1) is 17.7. The van der Waals surface area contributed by atoms with Crippen LogP contribution in [-0.2, 0) is 11.3 Å². The molecule has 1 atom stereocenters. The number of hydrogen-bond donors (Lipinski definition) is 1. The van der Waals surface area contributed by atoms with E-state index < -0.39 is 0 Å². The van der Waals surface area contributed by atoms with E-state index in [0.717, 1.165) is 39.5 Å². The molecule has 1 unspecified atom stereocenters. The normalized spacial score (nSPS) is 12.1. The first-order valence-electron chi connectivity index (χ1n) is 12.9. The molecule has 0 aliphatic heterocycles. The van der Waals surface area contributed by atoms with Gasteiger partial charge in [0.15, 0.2) is 6.61 Å². The SMILES string of the molecule is Cc1ccc(C)c(OCC(=O)NC(C)c2nc3ccccc3n2CCOc2cc(C)ccc2C(C)C)c1. The van der Waals surface area contributed by atoms with Crippen LogP contribution in [-0.4, -0.2) is 28.7 Å². The third-order valence-corrected chi connectivity index (χ3v) is 6.51. The van der Waals surface area contributed by atoms with Gasteiger partial charge >= 0.3 is 0 Å². The van der Waals surface area contributed by atoms with Crippen molar-refractivity contribution in [3.8, 4) is 11.5 Å². The summed E-state index contributed by atoms with van der Waals surface area (Å²) >= 11 is 0. The van der Waals surface area contributed by atoms with Crippen LogP contribution in [0, 0.1) is 20.8 Å². The van der Waals surface area contributed by atoms with E-state index in [9.17, 15) is 4.79 Å². The molecule has 3 aromatic carbocycles. The Labute approximate surface area is 219 Å². The van der Waals surface area contributed by atoms with Gasteiger partial charge in [0.1, 0.15) is 23.9 Å². The summed E-state index contributed by atoms with van der Waals surface area (Å²) in [5, 5.41) is 3.05. The highest BCUT2D eigenvalue weighted by Crippen LogP contribution is 2.28.